The van der Waals surface area contributed by atoms with Crippen molar-refractivity contribution in [1.82, 2.24) is 0 Å². The Labute approximate surface area is 233 Å². The van der Waals surface area contributed by atoms with Crippen LogP contribution in [0.25, 0.3) is 0 Å². The Hall–Kier alpha value is -2.19. The van der Waals surface area contributed by atoms with E-state index in [0.717, 1.165) is 29.9 Å². The smallest absolute Gasteiger partial charge is 0.129 e. The molecule has 0 spiro atoms. The van der Waals surface area contributed by atoms with Gasteiger partial charge >= 0.3 is 0 Å². The van der Waals surface area contributed by atoms with Gasteiger partial charge in [-0.15, -0.1) is 0 Å². The van der Waals surface area contributed by atoms with Gasteiger partial charge in [-0.05, 0) is 110 Å². The third-order valence-corrected chi connectivity index (χ3v) is 8.77. The fraction of sp³-hybridized carbons (Fsp3) is 0.486. The first-order valence-corrected chi connectivity index (χ1v) is 15.2. The second kappa shape index (κ2) is 14.8. The monoisotopic (exact) mass is 536 g/mol. The van der Waals surface area contributed by atoms with Crippen molar-refractivity contribution in [3.8, 4) is 0 Å². The Morgan fingerprint density at radius 1 is 0.605 bits per heavy atom. The molecule has 0 amide bonds. The maximum atomic E-state index is 14.7. The van der Waals surface area contributed by atoms with Crippen LogP contribution in [0.4, 0.5) is 8.78 Å². The quantitative estimate of drug-likeness (QED) is 0.190. The van der Waals surface area contributed by atoms with Gasteiger partial charge in [0.1, 0.15) is 11.6 Å². The Morgan fingerprint density at radius 3 is 1.63 bits per heavy atom. The molecule has 0 unspecified atom stereocenters. The van der Waals surface area contributed by atoms with Crippen LogP contribution in [0.3, 0.4) is 0 Å². The Kier molecular flexibility index (Phi) is 11.2. The molecule has 1 saturated carbocycles. The minimum atomic E-state index is -0.410. The zero-order valence-corrected chi connectivity index (χ0v) is 23.7. The average molecular weight is 537 g/mol. The normalized spacial score (nSPS) is 17.6. The highest BCUT2D eigenvalue weighted by Gasteiger charge is 2.21. The molecule has 0 bridgehead atoms. The molecule has 3 heteroatoms. The van der Waals surface area contributed by atoms with Gasteiger partial charge in [-0.25, -0.2) is 8.78 Å². The molecule has 0 nitrogen and oxygen atoms in total. The molecule has 0 aliphatic heterocycles. The van der Waals surface area contributed by atoms with E-state index in [1.165, 1.54) is 75.3 Å². The van der Waals surface area contributed by atoms with E-state index in [2.05, 4.69) is 31.2 Å². The lowest BCUT2D eigenvalue weighted by molar-refractivity contribution is 0.253. The SMILES string of the molecule is CCCCCc1ccc(CC[C@H]2CC[C@H](CCc3cc(F)c(CCc4ccc(Cl)cc4)c(F)c3)CC2)cc1. The first-order valence-electron chi connectivity index (χ1n) is 14.8. The van der Waals surface area contributed by atoms with Crippen molar-refractivity contribution in [2.45, 2.75) is 96.8 Å². The summed E-state index contributed by atoms with van der Waals surface area (Å²) < 4.78 is 29.5. The van der Waals surface area contributed by atoms with Crippen molar-refractivity contribution < 1.29 is 8.78 Å². The summed E-state index contributed by atoms with van der Waals surface area (Å²) in [6.07, 6.45) is 15.3. The number of benzene rings is 3. The van der Waals surface area contributed by atoms with Crippen molar-refractivity contribution in [2.75, 3.05) is 0 Å². The van der Waals surface area contributed by atoms with E-state index in [1.54, 1.807) is 12.1 Å². The van der Waals surface area contributed by atoms with Crippen LogP contribution in [0.5, 0.6) is 0 Å². The maximum absolute atomic E-state index is 14.7. The zero-order valence-electron chi connectivity index (χ0n) is 23.0. The molecule has 1 fully saturated rings. The maximum Gasteiger partial charge on any atom is 0.129 e. The highest BCUT2D eigenvalue weighted by Crippen LogP contribution is 2.34. The van der Waals surface area contributed by atoms with Gasteiger partial charge in [-0.3, -0.25) is 0 Å². The fourth-order valence-corrected chi connectivity index (χ4v) is 6.09. The van der Waals surface area contributed by atoms with Gasteiger partial charge in [0.15, 0.2) is 0 Å². The summed E-state index contributed by atoms with van der Waals surface area (Å²) in [4.78, 5) is 0. The first kappa shape index (κ1) is 28.8. The van der Waals surface area contributed by atoms with E-state index in [9.17, 15) is 8.78 Å². The molecule has 3 aromatic rings. The molecule has 4 rings (SSSR count). The van der Waals surface area contributed by atoms with E-state index in [-0.39, 0.29) is 5.56 Å². The molecule has 204 valence electrons. The molecular formula is C35H43ClF2. The molecule has 3 aromatic carbocycles. The topological polar surface area (TPSA) is 0 Å². The minimum Gasteiger partial charge on any atom is -0.207 e. The second-order valence-electron chi connectivity index (χ2n) is 11.4. The third kappa shape index (κ3) is 8.94. The molecule has 0 N–H and O–H groups in total. The van der Waals surface area contributed by atoms with E-state index in [1.807, 2.05) is 24.3 Å². The van der Waals surface area contributed by atoms with Gasteiger partial charge in [0.25, 0.3) is 0 Å². The Morgan fingerprint density at radius 2 is 1.08 bits per heavy atom. The Balaban J connectivity index is 1.17. The summed E-state index contributed by atoms with van der Waals surface area (Å²) in [5.41, 5.74) is 4.94. The molecule has 0 radical (unpaired) electrons. The number of aryl methyl sites for hydroxylation is 4. The summed E-state index contributed by atoms with van der Waals surface area (Å²) in [6, 6.07) is 19.9. The highest BCUT2D eigenvalue weighted by atomic mass is 35.5. The van der Waals surface area contributed by atoms with E-state index in [0.29, 0.717) is 23.8 Å². The summed E-state index contributed by atoms with van der Waals surface area (Å²) in [5, 5.41) is 0.669. The van der Waals surface area contributed by atoms with E-state index >= 15 is 0 Å². The van der Waals surface area contributed by atoms with E-state index < -0.39 is 11.6 Å². The predicted octanol–water partition coefficient (Wildman–Crippen LogP) is 10.5. The van der Waals surface area contributed by atoms with Gasteiger partial charge in [-0.2, -0.15) is 0 Å². The summed E-state index contributed by atoms with van der Waals surface area (Å²) in [5.74, 6) is 0.660. The van der Waals surface area contributed by atoms with Crippen molar-refractivity contribution in [3.05, 3.63) is 105 Å². The number of unbranched alkanes of at least 4 members (excludes halogenated alkanes) is 2. The largest absolute Gasteiger partial charge is 0.207 e. The lowest BCUT2D eigenvalue weighted by Gasteiger charge is -2.28. The van der Waals surface area contributed by atoms with Crippen molar-refractivity contribution in [1.29, 1.82) is 0 Å². The molecule has 0 atom stereocenters. The second-order valence-corrected chi connectivity index (χ2v) is 11.8. The van der Waals surface area contributed by atoms with Crippen molar-refractivity contribution >= 4 is 11.6 Å². The van der Waals surface area contributed by atoms with E-state index in [4.69, 9.17) is 11.6 Å². The lowest BCUT2D eigenvalue weighted by Crippen LogP contribution is -2.16. The molecular weight excluding hydrogens is 494 g/mol. The van der Waals surface area contributed by atoms with Crippen molar-refractivity contribution in [3.63, 3.8) is 0 Å². The molecule has 0 saturated heterocycles. The number of hydrogen-bond donors (Lipinski definition) is 0. The average Bonchev–Trinajstić information content (AvgIpc) is 2.93. The van der Waals surface area contributed by atoms with Crippen LogP contribution < -0.4 is 0 Å². The van der Waals surface area contributed by atoms with Gasteiger partial charge in [0.2, 0.25) is 0 Å². The number of rotatable bonds is 13. The van der Waals surface area contributed by atoms with Crippen LogP contribution >= 0.6 is 11.6 Å². The molecule has 0 aromatic heterocycles. The summed E-state index contributed by atoms with van der Waals surface area (Å²) in [6.45, 7) is 2.25. The van der Waals surface area contributed by atoms with Crippen LogP contribution in [0.15, 0.2) is 60.7 Å². The zero-order chi connectivity index (χ0) is 26.7. The summed E-state index contributed by atoms with van der Waals surface area (Å²) >= 11 is 5.93. The lowest BCUT2D eigenvalue weighted by atomic mass is 9.77. The van der Waals surface area contributed by atoms with Gasteiger partial charge < -0.3 is 0 Å². The van der Waals surface area contributed by atoms with Crippen LogP contribution in [0.2, 0.25) is 5.02 Å². The first-order chi connectivity index (χ1) is 18.5. The molecule has 1 aliphatic rings. The highest BCUT2D eigenvalue weighted by molar-refractivity contribution is 6.30. The standard InChI is InChI=1S/C35H43ClF2/c1-2-3-4-5-26-6-8-27(9-7-26)10-11-28-12-14-29(15-13-28)16-17-31-24-34(37)33(35(38)25-31)23-20-30-18-21-32(36)22-19-30/h6-9,18-19,21-22,24-25,28-29H,2-5,10-17,20,23H2,1H3/t28-,29-. The fourth-order valence-electron chi connectivity index (χ4n) is 5.96. The van der Waals surface area contributed by atoms with Crippen LogP contribution in [0.1, 0.15) is 92.5 Å². The number of halogens is 3. The van der Waals surface area contributed by atoms with Crippen LogP contribution in [-0.4, -0.2) is 0 Å². The van der Waals surface area contributed by atoms with Gasteiger partial charge in [-0.1, -0.05) is 93.4 Å². The molecule has 38 heavy (non-hydrogen) atoms. The predicted molar refractivity (Wildman–Crippen MR) is 157 cm³/mol. The third-order valence-electron chi connectivity index (χ3n) is 8.52. The molecule has 0 heterocycles. The minimum absolute atomic E-state index is 0.190. The Bertz CT molecular complexity index is 1090. The van der Waals surface area contributed by atoms with Crippen molar-refractivity contribution in [2.24, 2.45) is 11.8 Å². The van der Waals surface area contributed by atoms with Crippen LogP contribution in [-0.2, 0) is 32.1 Å². The number of hydrogen-bond acceptors (Lipinski definition) is 0. The van der Waals surface area contributed by atoms with Gasteiger partial charge in [0, 0.05) is 10.6 Å². The van der Waals surface area contributed by atoms with Crippen LogP contribution in [0, 0.1) is 23.5 Å². The molecule has 1 aliphatic carbocycles. The summed E-state index contributed by atoms with van der Waals surface area (Å²) in [7, 11) is 0. The van der Waals surface area contributed by atoms with Gasteiger partial charge in [0.05, 0.1) is 0 Å².